The van der Waals surface area contributed by atoms with E-state index in [-0.39, 0.29) is 9.63 Å². The second-order valence-corrected chi connectivity index (χ2v) is 8.36. The van der Waals surface area contributed by atoms with Crippen molar-refractivity contribution in [1.29, 1.82) is 0 Å². The summed E-state index contributed by atoms with van der Waals surface area (Å²) >= 11 is -2.23. The van der Waals surface area contributed by atoms with Gasteiger partial charge in [-0.1, -0.05) is 0 Å². The molecule has 0 aliphatic rings. The van der Waals surface area contributed by atoms with Crippen molar-refractivity contribution in [3.63, 3.8) is 0 Å². The summed E-state index contributed by atoms with van der Waals surface area (Å²) in [5.41, 5.74) is 13.8. The third-order valence-corrected chi connectivity index (χ3v) is 7.63. The molecule has 2 atom stereocenters. The van der Waals surface area contributed by atoms with Crippen molar-refractivity contribution in [2.24, 2.45) is 11.5 Å². The molecule has 2 rings (SSSR count). The Balaban J connectivity index is 2.28. The van der Waals surface area contributed by atoms with E-state index in [0.717, 1.165) is 11.1 Å². The van der Waals surface area contributed by atoms with Gasteiger partial charge in [0.15, 0.2) is 0 Å². The number of hydrogen-bond donors (Lipinski definition) is 2. The van der Waals surface area contributed by atoms with Gasteiger partial charge in [0.05, 0.1) is 0 Å². The Morgan fingerprint density at radius 2 is 1.10 bits per heavy atom. The van der Waals surface area contributed by atoms with Crippen molar-refractivity contribution in [3.05, 3.63) is 71.8 Å². The molecule has 0 heterocycles. The zero-order valence-corrected chi connectivity index (χ0v) is 13.0. The average molecular weight is 335 g/mol. The topological polar surface area (TPSA) is 69.1 Å². The summed E-state index contributed by atoms with van der Waals surface area (Å²) in [5.74, 6) is 0. The molecule has 0 radical (unpaired) electrons. The minimum absolute atomic E-state index is 0.0926. The summed E-state index contributed by atoms with van der Waals surface area (Å²) in [6.45, 7) is 0.781. The first-order chi connectivity index (χ1) is 9.77. The third kappa shape index (κ3) is 3.41. The van der Waals surface area contributed by atoms with E-state index in [0.29, 0.717) is 13.1 Å². The summed E-state index contributed by atoms with van der Waals surface area (Å²) in [5, 5.41) is 0. The maximum atomic E-state index is 13.0. The normalized spacial score (nSPS) is 15.5. The van der Waals surface area contributed by atoms with Gasteiger partial charge in [-0.25, -0.2) is 0 Å². The van der Waals surface area contributed by atoms with Crippen molar-refractivity contribution >= 4 is 13.8 Å². The van der Waals surface area contributed by atoms with Gasteiger partial charge in [0.25, 0.3) is 0 Å². The molecule has 106 valence electrons. The fraction of sp³-hybridized carbons (Fsp3) is 0.250. The molecule has 0 aliphatic heterocycles. The summed E-state index contributed by atoms with van der Waals surface area (Å²) in [7, 11) is 0. The van der Waals surface area contributed by atoms with E-state index in [1.54, 1.807) is 0 Å². The molecule has 4 N–H and O–H groups in total. The van der Waals surface area contributed by atoms with Crippen LogP contribution in [0.2, 0.25) is 0 Å². The molecule has 0 fully saturated rings. The number of nitrogens with two attached hydrogens (primary N) is 2. The Morgan fingerprint density at radius 1 is 0.750 bits per heavy atom. The first-order valence-corrected chi connectivity index (χ1v) is 9.35. The van der Waals surface area contributed by atoms with Gasteiger partial charge in [0.1, 0.15) is 0 Å². The number of benzene rings is 2. The molecule has 0 saturated carbocycles. The summed E-state index contributed by atoms with van der Waals surface area (Å²) in [6, 6.07) is 19.7. The predicted molar refractivity (Wildman–Crippen MR) is 82.9 cm³/mol. The molecule has 4 heteroatoms. The summed E-state index contributed by atoms with van der Waals surface area (Å²) in [4.78, 5) is -0.185. The molecule has 0 amide bonds. The van der Waals surface area contributed by atoms with Gasteiger partial charge >= 0.3 is 124 Å². The molecule has 2 aromatic carbocycles. The van der Waals surface area contributed by atoms with Gasteiger partial charge in [0.2, 0.25) is 0 Å². The van der Waals surface area contributed by atoms with E-state index >= 15 is 0 Å². The van der Waals surface area contributed by atoms with Crippen LogP contribution in [0, 0.1) is 0 Å². The molecule has 0 saturated heterocycles. The molecule has 0 aliphatic carbocycles. The Kier molecular flexibility index (Phi) is 5.62. The standard InChI is InChI=1S/C16H20N2OSe/c17-11-15(13-7-3-1-4-8-13)20(19)16(12-18)14-9-5-2-6-10-14/h1-10,15-16H,11-12,17-18H2. The Bertz CT molecular complexity index is 495. The molecule has 0 aromatic heterocycles. The fourth-order valence-corrected chi connectivity index (χ4v) is 5.68. The zero-order valence-electron chi connectivity index (χ0n) is 11.3. The molecular formula is C16H20N2OSe. The Hall–Kier alpha value is -1.32. The van der Waals surface area contributed by atoms with Crippen LogP contribution in [0.25, 0.3) is 0 Å². The monoisotopic (exact) mass is 336 g/mol. The van der Waals surface area contributed by atoms with Gasteiger partial charge in [-0.3, -0.25) is 0 Å². The van der Waals surface area contributed by atoms with Crippen LogP contribution in [0.4, 0.5) is 0 Å². The minimum atomic E-state index is -2.23. The first-order valence-electron chi connectivity index (χ1n) is 6.67. The number of rotatable bonds is 6. The molecule has 0 bridgehead atoms. The van der Waals surface area contributed by atoms with Crippen molar-refractivity contribution in [3.8, 4) is 0 Å². The second-order valence-electron chi connectivity index (χ2n) is 4.60. The zero-order chi connectivity index (χ0) is 14.4. The van der Waals surface area contributed by atoms with Gasteiger partial charge < -0.3 is 0 Å². The molecule has 2 aromatic rings. The van der Waals surface area contributed by atoms with Crippen molar-refractivity contribution in [2.75, 3.05) is 13.1 Å². The Morgan fingerprint density at radius 3 is 1.40 bits per heavy atom. The third-order valence-electron chi connectivity index (χ3n) is 3.33. The number of hydrogen-bond acceptors (Lipinski definition) is 3. The quantitative estimate of drug-likeness (QED) is 0.793. The van der Waals surface area contributed by atoms with Gasteiger partial charge in [-0.15, -0.1) is 0 Å². The molecule has 20 heavy (non-hydrogen) atoms. The van der Waals surface area contributed by atoms with Crippen LogP contribution in [-0.4, -0.2) is 26.9 Å². The van der Waals surface area contributed by atoms with Crippen molar-refractivity contribution in [2.45, 2.75) is 9.63 Å². The van der Waals surface area contributed by atoms with E-state index < -0.39 is 13.8 Å². The van der Waals surface area contributed by atoms with Crippen LogP contribution in [-0.2, 0) is 3.83 Å². The second kappa shape index (κ2) is 7.46. The van der Waals surface area contributed by atoms with Gasteiger partial charge in [0, 0.05) is 0 Å². The summed E-state index contributed by atoms with van der Waals surface area (Å²) in [6.07, 6.45) is 0. The SMILES string of the molecule is NCC(c1ccccc1)[Se](=O)C(CN)c1ccccc1. The maximum absolute atomic E-state index is 13.0. The molecule has 3 nitrogen and oxygen atoms in total. The van der Waals surface area contributed by atoms with Crippen LogP contribution in [0.15, 0.2) is 60.7 Å². The van der Waals surface area contributed by atoms with Crippen molar-refractivity contribution < 1.29 is 3.83 Å². The van der Waals surface area contributed by atoms with E-state index in [2.05, 4.69) is 0 Å². The van der Waals surface area contributed by atoms with Crippen LogP contribution in [0.1, 0.15) is 20.8 Å². The van der Waals surface area contributed by atoms with E-state index in [4.69, 9.17) is 11.5 Å². The molecular weight excluding hydrogens is 315 g/mol. The predicted octanol–water partition coefficient (Wildman–Crippen LogP) is 1.97. The van der Waals surface area contributed by atoms with E-state index in [9.17, 15) is 3.83 Å². The van der Waals surface area contributed by atoms with Crippen molar-refractivity contribution in [1.82, 2.24) is 0 Å². The molecule has 2 unspecified atom stereocenters. The van der Waals surface area contributed by atoms with Crippen LogP contribution in [0.5, 0.6) is 0 Å². The van der Waals surface area contributed by atoms with Crippen LogP contribution < -0.4 is 11.5 Å². The van der Waals surface area contributed by atoms with Gasteiger partial charge in [-0.05, 0) is 0 Å². The first kappa shape index (κ1) is 15.1. The van der Waals surface area contributed by atoms with Crippen LogP contribution in [0.3, 0.4) is 0 Å². The van der Waals surface area contributed by atoms with E-state index in [1.165, 1.54) is 0 Å². The fourth-order valence-electron chi connectivity index (χ4n) is 2.26. The molecule has 0 spiro atoms. The van der Waals surface area contributed by atoms with Crippen LogP contribution >= 0.6 is 0 Å². The van der Waals surface area contributed by atoms with E-state index in [1.807, 2.05) is 60.7 Å². The average Bonchev–Trinajstić information content (AvgIpc) is 2.51. The Labute approximate surface area is 124 Å². The summed E-state index contributed by atoms with van der Waals surface area (Å²) < 4.78 is 13.0. The van der Waals surface area contributed by atoms with Gasteiger partial charge in [-0.2, -0.15) is 0 Å².